The van der Waals surface area contributed by atoms with Crippen molar-refractivity contribution in [2.75, 3.05) is 26.6 Å². The molecule has 2 aromatic carbocycles. The number of benzene rings is 2. The van der Waals surface area contributed by atoms with Crippen LogP contribution in [0.1, 0.15) is 18.5 Å². The minimum Gasteiger partial charge on any atom is -0.497 e. The van der Waals surface area contributed by atoms with Crippen LogP contribution in [0.2, 0.25) is 0 Å². The minimum atomic E-state index is 0.151. The van der Waals surface area contributed by atoms with Crippen molar-refractivity contribution in [2.24, 2.45) is 0 Å². The molecule has 0 saturated heterocycles. The van der Waals surface area contributed by atoms with Gasteiger partial charge in [0.2, 0.25) is 0 Å². The van der Waals surface area contributed by atoms with E-state index in [2.05, 4.69) is 12.2 Å². The molecule has 4 heteroatoms. The Morgan fingerprint density at radius 1 is 0.810 bits per heavy atom. The normalized spacial score (nSPS) is 11.6. The summed E-state index contributed by atoms with van der Waals surface area (Å²) in [6, 6.07) is 13.9. The maximum atomic E-state index is 5.40. The molecule has 4 nitrogen and oxygen atoms in total. The van der Waals surface area contributed by atoms with E-state index in [9.17, 15) is 0 Å². The van der Waals surface area contributed by atoms with Crippen LogP contribution in [-0.2, 0) is 0 Å². The summed E-state index contributed by atoms with van der Waals surface area (Å²) in [5.74, 6) is 2.39. The maximum absolute atomic E-state index is 5.40. The fourth-order valence-corrected chi connectivity index (χ4v) is 2.13. The van der Waals surface area contributed by atoms with Gasteiger partial charge in [0.05, 0.1) is 27.0 Å². The summed E-state index contributed by atoms with van der Waals surface area (Å²) in [7, 11) is 4.96. The number of anilines is 1. The number of nitrogens with one attached hydrogen (secondary N) is 1. The zero-order valence-corrected chi connectivity index (χ0v) is 12.8. The van der Waals surface area contributed by atoms with E-state index in [1.165, 1.54) is 5.56 Å². The third-order valence-corrected chi connectivity index (χ3v) is 3.40. The second kappa shape index (κ2) is 6.88. The van der Waals surface area contributed by atoms with Gasteiger partial charge in [0.1, 0.15) is 17.2 Å². The monoisotopic (exact) mass is 287 g/mol. The molecule has 0 amide bonds. The Bertz CT molecular complexity index is 581. The average Bonchev–Trinajstić information content (AvgIpc) is 2.55. The van der Waals surface area contributed by atoms with Gasteiger partial charge in [0.25, 0.3) is 0 Å². The first kappa shape index (κ1) is 15.0. The van der Waals surface area contributed by atoms with Gasteiger partial charge in [-0.1, -0.05) is 12.1 Å². The van der Waals surface area contributed by atoms with Crippen molar-refractivity contribution in [3.8, 4) is 17.2 Å². The van der Waals surface area contributed by atoms with Crippen LogP contribution in [0.3, 0.4) is 0 Å². The topological polar surface area (TPSA) is 39.7 Å². The molecule has 0 aromatic heterocycles. The van der Waals surface area contributed by atoms with Crippen molar-refractivity contribution in [1.29, 1.82) is 0 Å². The van der Waals surface area contributed by atoms with Crippen molar-refractivity contribution >= 4 is 5.69 Å². The van der Waals surface area contributed by atoms with E-state index >= 15 is 0 Å². The summed E-state index contributed by atoms with van der Waals surface area (Å²) in [6.45, 7) is 2.10. The second-order valence-electron chi connectivity index (χ2n) is 4.71. The predicted octanol–water partition coefficient (Wildman–Crippen LogP) is 3.89. The van der Waals surface area contributed by atoms with Crippen LogP contribution >= 0.6 is 0 Å². The molecule has 2 rings (SSSR count). The molecule has 2 aromatic rings. The van der Waals surface area contributed by atoms with Crippen LogP contribution in [0.5, 0.6) is 17.2 Å². The van der Waals surface area contributed by atoms with Crippen LogP contribution < -0.4 is 19.5 Å². The second-order valence-corrected chi connectivity index (χ2v) is 4.71. The lowest BCUT2D eigenvalue weighted by molar-refractivity contribution is 0.395. The van der Waals surface area contributed by atoms with E-state index in [1.54, 1.807) is 21.3 Å². The van der Waals surface area contributed by atoms with Gasteiger partial charge in [-0.05, 0) is 36.8 Å². The van der Waals surface area contributed by atoms with Gasteiger partial charge >= 0.3 is 0 Å². The Balaban J connectivity index is 2.16. The number of hydrogen-bond donors (Lipinski definition) is 1. The molecule has 0 aliphatic heterocycles. The first-order chi connectivity index (χ1) is 10.2. The highest BCUT2D eigenvalue weighted by molar-refractivity contribution is 5.60. The largest absolute Gasteiger partial charge is 0.497 e. The molecule has 0 heterocycles. The highest BCUT2D eigenvalue weighted by Gasteiger charge is 2.10. The van der Waals surface area contributed by atoms with Crippen molar-refractivity contribution in [3.05, 3.63) is 48.0 Å². The SMILES string of the molecule is COc1ccc(C(C)Nc2ccc(OC)cc2OC)cc1. The fraction of sp³-hybridized carbons (Fsp3) is 0.294. The predicted molar refractivity (Wildman–Crippen MR) is 84.6 cm³/mol. The number of methoxy groups -OCH3 is 3. The Hall–Kier alpha value is -2.36. The van der Waals surface area contributed by atoms with E-state index in [0.717, 1.165) is 22.9 Å². The number of hydrogen-bond acceptors (Lipinski definition) is 4. The fourth-order valence-electron chi connectivity index (χ4n) is 2.13. The Labute approximate surface area is 125 Å². The molecular weight excluding hydrogens is 266 g/mol. The van der Waals surface area contributed by atoms with E-state index in [-0.39, 0.29) is 6.04 Å². The lowest BCUT2D eigenvalue weighted by Gasteiger charge is -2.18. The summed E-state index contributed by atoms with van der Waals surface area (Å²) in [4.78, 5) is 0. The summed E-state index contributed by atoms with van der Waals surface area (Å²) in [6.07, 6.45) is 0. The van der Waals surface area contributed by atoms with E-state index in [0.29, 0.717) is 0 Å². The first-order valence-electron chi connectivity index (χ1n) is 6.80. The van der Waals surface area contributed by atoms with E-state index < -0.39 is 0 Å². The van der Waals surface area contributed by atoms with Crippen molar-refractivity contribution in [1.82, 2.24) is 0 Å². The quantitative estimate of drug-likeness (QED) is 0.875. The van der Waals surface area contributed by atoms with Gasteiger partial charge in [-0.3, -0.25) is 0 Å². The molecule has 0 spiro atoms. The average molecular weight is 287 g/mol. The summed E-state index contributed by atoms with van der Waals surface area (Å²) < 4.78 is 15.8. The molecule has 1 unspecified atom stereocenters. The molecule has 21 heavy (non-hydrogen) atoms. The third-order valence-electron chi connectivity index (χ3n) is 3.40. The van der Waals surface area contributed by atoms with Gasteiger partial charge in [-0.15, -0.1) is 0 Å². The molecule has 0 bridgehead atoms. The van der Waals surface area contributed by atoms with Crippen LogP contribution in [0, 0.1) is 0 Å². The van der Waals surface area contributed by atoms with Crippen molar-refractivity contribution < 1.29 is 14.2 Å². The van der Waals surface area contributed by atoms with E-state index in [1.807, 2.05) is 42.5 Å². The smallest absolute Gasteiger partial charge is 0.145 e. The minimum absolute atomic E-state index is 0.151. The van der Waals surface area contributed by atoms with Crippen LogP contribution in [0.4, 0.5) is 5.69 Å². The molecule has 112 valence electrons. The third kappa shape index (κ3) is 3.60. The maximum Gasteiger partial charge on any atom is 0.145 e. The van der Waals surface area contributed by atoms with Crippen molar-refractivity contribution in [3.63, 3.8) is 0 Å². The Morgan fingerprint density at radius 2 is 1.43 bits per heavy atom. The highest BCUT2D eigenvalue weighted by atomic mass is 16.5. The summed E-state index contributed by atoms with van der Waals surface area (Å²) in [5, 5.41) is 3.45. The van der Waals surface area contributed by atoms with Gasteiger partial charge in [-0.2, -0.15) is 0 Å². The van der Waals surface area contributed by atoms with Crippen LogP contribution in [0.25, 0.3) is 0 Å². The van der Waals surface area contributed by atoms with Crippen LogP contribution in [-0.4, -0.2) is 21.3 Å². The van der Waals surface area contributed by atoms with Crippen molar-refractivity contribution in [2.45, 2.75) is 13.0 Å². The van der Waals surface area contributed by atoms with E-state index in [4.69, 9.17) is 14.2 Å². The zero-order valence-electron chi connectivity index (χ0n) is 12.8. The molecular formula is C17H21NO3. The Morgan fingerprint density at radius 3 is 2.00 bits per heavy atom. The molecule has 0 aliphatic rings. The first-order valence-corrected chi connectivity index (χ1v) is 6.80. The summed E-state index contributed by atoms with van der Waals surface area (Å²) >= 11 is 0. The van der Waals surface area contributed by atoms with Gasteiger partial charge in [0.15, 0.2) is 0 Å². The number of rotatable bonds is 6. The number of ether oxygens (including phenoxy) is 3. The molecule has 1 atom stereocenters. The molecule has 0 fully saturated rings. The lowest BCUT2D eigenvalue weighted by atomic mass is 10.1. The Kier molecular flexibility index (Phi) is 4.93. The summed E-state index contributed by atoms with van der Waals surface area (Å²) in [5.41, 5.74) is 2.11. The van der Waals surface area contributed by atoms with Gasteiger partial charge in [0, 0.05) is 12.1 Å². The zero-order chi connectivity index (χ0) is 15.2. The van der Waals surface area contributed by atoms with Crippen LogP contribution in [0.15, 0.2) is 42.5 Å². The molecule has 0 saturated carbocycles. The standard InChI is InChI=1S/C17H21NO3/c1-12(13-5-7-14(19-2)8-6-13)18-16-10-9-15(20-3)11-17(16)21-4/h5-12,18H,1-4H3. The highest BCUT2D eigenvalue weighted by Crippen LogP contribution is 2.32. The molecule has 0 radical (unpaired) electrons. The lowest BCUT2D eigenvalue weighted by Crippen LogP contribution is -2.07. The molecule has 1 N–H and O–H groups in total. The van der Waals surface area contributed by atoms with Gasteiger partial charge in [-0.25, -0.2) is 0 Å². The molecule has 0 aliphatic carbocycles. The van der Waals surface area contributed by atoms with Gasteiger partial charge < -0.3 is 19.5 Å².